The molecule has 3 heterocycles. The molecule has 3 aromatic heterocycles. The first-order valence-corrected chi connectivity index (χ1v) is 10.3. The zero-order valence-electron chi connectivity index (χ0n) is 15.2. The van der Waals surface area contributed by atoms with Crippen LogP contribution in [0.3, 0.4) is 0 Å². The Morgan fingerprint density at radius 1 is 1.30 bits per heavy atom. The second-order valence-electron chi connectivity index (χ2n) is 5.80. The Kier molecular flexibility index (Phi) is 6.97. The van der Waals surface area contributed by atoms with Gasteiger partial charge >= 0.3 is 0 Å². The number of rotatable bonds is 9. The van der Waals surface area contributed by atoms with Crippen LogP contribution in [-0.2, 0) is 22.6 Å². The molecule has 3 rings (SSSR count). The van der Waals surface area contributed by atoms with Gasteiger partial charge in [0.05, 0.1) is 25.4 Å². The predicted molar refractivity (Wildman–Crippen MR) is 107 cm³/mol. The van der Waals surface area contributed by atoms with Crippen LogP contribution in [-0.4, -0.2) is 57.1 Å². The molecule has 0 aliphatic rings. The van der Waals surface area contributed by atoms with Crippen molar-refractivity contribution in [3.05, 3.63) is 46.9 Å². The minimum atomic E-state index is 0.0557. The summed E-state index contributed by atoms with van der Waals surface area (Å²) < 4.78 is 7.19. The summed E-state index contributed by atoms with van der Waals surface area (Å²) in [6.45, 7) is 1.77. The van der Waals surface area contributed by atoms with Crippen molar-refractivity contribution in [2.24, 2.45) is 0 Å². The average Bonchev–Trinajstić information content (AvgIpc) is 3.34. The Labute approximate surface area is 166 Å². The van der Waals surface area contributed by atoms with Gasteiger partial charge in [0.1, 0.15) is 0 Å². The largest absolute Gasteiger partial charge is 0.383 e. The molecule has 7 nitrogen and oxygen atoms in total. The van der Waals surface area contributed by atoms with E-state index in [-0.39, 0.29) is 5.91 Å². The minimum absolute atomic E-state index is 0.0557. The quantitative estimate of drug-likeness (QED) is 0.512. The van der Waals surface area contributed by atoms with Crippen molar-refractivity contribution >= 4 is 29.0 Å². The van der Waals surface area contributed by atoms with Crippen molar-refractivity contribution in [2.75, 3.05) is 26.5 Å². The number of pyridine rings is 1. The van der Waals surface area contributed by atoms with Gasteiger partial charge in [-0.25, -0.2) is 0 Å². The fraction of sp³-hybridized carbons (Fsp3) is 0.333. The third-order valence-corrected chi connectivity index (χ3v) is 5.71. The number of carbonyl (C=O) groups is 1. The minimum Gasteiger partial charge on any atom is -0.383 e. The van der Waals surface area contributed by atoms with Gasteiger partial charge in [-0.15, -0.1) is 21.5 Å². The third kappa shape index (κ3) is 5.15. The molecule has 0 aliphatic heterocycles. The Hall–Kier alpha value is -2.23. The van der Waals surface area contributed by atoms with Gasteiger partial charge in [0, 0.05) is 37.0 Å². The van der Waals surface area contributed by atoms with Crippen molar-refractivity contribution in [2.45, 2.75) is 18.2 Å². The average molecular weight is 404 g/mol. The van der Waals surface area contributed by atoms with E-state index in [1.165, 1.54) is 16.6 Å². The van der Waals surface area contributed by atoms with Gasteiger partial charge in [-0.2, -0.15) is 0 Å². The molecular formula is C18H21N5O2S2. The van der Waals surface area contributed by atoms with E-state index in [1.807, 2.05) is 41.3 Å². The first-order valence-electron chi connectivity index (χ1n) is 8.40. The zero-order valence-corrected chi connectivity index (χ0v) is 16.9. The lowest BCUT2D eigenvalue weighted by Crippen LogP contribution is -2.27. The third-order valence-electron chi connectivity index (χ3n) is 3.90. The van der Waals surface area contributed by atoms with Crippen molar-refractivity contribution in [3.63, 3.8) is 0 Å². The maximum Gasteiger partial charge on any atom is 0.233 e. The van der Waals surface area contributed by atoms with Crippen molar-refractivity contribution < 1.29 is 9.53 Å². The molecule has 0 aliphatic carbocycles. The van der Waals surface area contributed by atoms with E-state index in [1.54, 1.807) is 35.7 Å². The fourth-order valence-corrected chi connectivity index (χ4v) is 4.12. The SMILES string of the molecule is COCCn1c(SCC(=O)N(C)Cc2cccs2)nnc1-c1ccncc1. The normalized spacial score (nSPS) is 10.9. The maximum absolute atomic E-state index is 12.5. The second-order valence-corrected chi connectivity index (χ2v) is 7.78. The molecule has 0 unspecified atom stereocenters. The molecule has 0 spiro atoms. The number of amides is 1. The lowest BCUT2D eigenvalue weighted by atomic mass is 10.2. The molecule has 9 heteroatoms. The molecule has 0 saturated heterocycles. The molecule has 3 aromatic rings. The molecule has 1 amide bonds. The molecule has 0 aromatic carbocycles. The van der Waals surface area contributed by atoms with Crippen LogP contribution in [0.1, 0.15) is 4.88 Å². The van der Waals surface area contributed by atoms with E-state index in [2.05, 4.69) is 15.2 Å². The Bertz CT molecular complexity index is 852. The lowest BCUT2D eigenvalue weighted by Gasteiger charge is -2.16. The molecule has 0 fully saturated rings. The Morgan fingerprint density at radius 3 is 2.81 bits per heavy atom. The van der Waals surface area contributed by atoms with Gasteiger partial charge in [-0.05, 0) is 23.6 Å². The highest BCUT2D eigenvalue weighted by atomic mass is 32.2. The molecule has 0 N–H and O–H groups in total. The highest BCUT2D eigenvalue weighted by Gasteiger charge is 2.17. The van der Waals surface area contributed by atoms with Gasteiger partial charge in [-0.1, -0.05) is 17.8 Å². The van der Waals surface area contributed by atoms with E-state index in [0.717, 1.165) is 11.4 Å². The molecule has 0 saturated carbocycles. The number of thioether (sulfide) groups is 1. The number of hydrogen-bond acceptors (Lipinski definition) is 7. The molecule has 0 radical (unpaired) electrons. The molecule has 0 bridgehead atoms. The zero-order chi connectivity index (χ0) is 19.1. The van der Waals surface area contributed by atoms with E-state index in [0.29, 0.717) is 30.6 Å². The van der Waals surface area contributed by atoms with Crippen LogP contribution in [0.15, 0.2) is 47.2 Å². The van der Waals surface area contributed by atoms with E-state index >= 15 is 0 Å². The van der Waals surface area contributed by atoms with Gasteiger partial charge in [-0.3, -0.25) is 14.3 Å². The monoisotopic (exact) mass is 403 g/mol. The van der Waals surface area contributed by atoms with Crippen LogP contribution in [0.25, 0.3) is 11.4 Å². The van der Waals surface area contributed by atoms with Gasteiger partial charge < -0.3 is 9.64 Å². The number of thiophene rings is 1. The van der Waals surface area contributed by atoms with Crippen LogP contribution in [0, 0.1) is 0 Å². The van der Waals surface area contributed by atoms with Gasteiger partial charge in [0.2, 0.25) is 5.91 Å². The predicted octanol–water partition coefficient (Wildman–Crippen LogP) is 2.80. The summed E-state index contributed by atoms with van der Waals surface area (Å²) in [6.07, 6.45) is 3.45. The number of nitrogens with zero attached hydrogens (tertiary/aromatic N) is 5. The van der Waals surface area contributed by atoms with Crippen molar-refractivity contribution in [1.29, 1.82) is 0 Å². The second kappa shape index (κ2) is 9.63. The summed E-state index contributed by atoms with van der Waals surface area (Å²) in [5.74, 6) is 1.11. The van der Waals surface area contributed by atoms with Crippen LogP contribution in [0.2, 0.25) is 0 Å². The Balaban J connectivity index is 1.68. The molecule has 142 valence electrons. The lowest BCUT2D eigenvalue weighted by molar-refractivity contribution is -0.127. The van der Waals surface area contributed by atoms with Crippen LogP contribution in [0.5, 0.6) is 0 Å². The summed E-state index contributed by atoms with van der Waals surface area (Å²) in [7, 11) is 3.48. The first-order chi connectivity index (χ1) is 13.2. The van der Waals surface area contributed by atoms with E-state index in [4.69, 9.17) is 4.74 Å². The summed E-state index contributed by atoms with van der Waals surface area (Å²) in [4.78, 5) is 19.4. The molecular weight excluding hydrogens is 382 g/mol. The van der Waals surface area contributed by atoms with Crippen LogP contribution in [0.4, 0.5) is 0 Å². The number of hydrogen-bond donors (Lipinski definition) is 0. The van der Waals surface area contributed by atoms with Crippen LogP contribution < -0.4 is 0 Å². The van der Waals surface area contributed by atoms with Gasteiger partial charge in [0.25, 0.3) is 0 Å². The first kappa shape index (κ1) is 19.5. The number of aromatic nitrogens is 4. The highest BCUT2D eigenvalue weighted by Crippen LogP contribution is 2.24. The topological polar surface area (TPSA) is 73.1 Å². The smallest absolute Gasteiger partial charge is 0.233 e. The maximum atomic E-state index is 12.5. The Morgan fingerprint density at radius 2 is 2.11 bits per heavy atom. The summed E-state index contributed by atoms with van der Waals surface area (Å²) in [5, 5.41) is 11.3. The van der Waals surface area contributed by atoms with Crippen LogP contribution >= 0.6 is 23.1 Å². The standard InChI is InChI=1S/C18H21N5O2S2/c1-22(12-15-4-3-11-26-15)16(24)13-27-18-21-20-17(23(18)9-10-25-2)14-5-7-19-8-6-14/h3-8,11H,9-10,12-13H2,1-2H3. The van der Waals surface area contributed by atoms with Crippen molar-refractivity contribution in [1.82, 2.24) is 24.6 Å². The molecule has 0 atom stereocenters. The van der Waals surface area contributed by atoms with Gasteiger partial charge in [0.15, 0.2) is 11.0 Å². The molecule has 27 heavy (non-hydrogen) atoms. The number of carbonyl (C=O) groups excluding carboxylic acids is 1. The summed E-state index contributed by atoms with van der Waals surface area (Å²) in [6, 6.07) is 7.80. The van der Waals surface area contributed by atoms with Crippen molar-refractivity contribution in [3.8, 4) is 11.4 Å². The summed E-state index contributed by atoms with van der Waals surface area (Å²) in [5.41, 5.74) is 0.932. The van der Waals surface area contributed by atoms with E-state index < -0.39 is 0 Å². The fourth-order valence-electron chi connectivity index (χ4n) is 2.46. The van der Waals surface area contributed by atoms with E-state index in [9.17, 15) is 4.79 Å². The summed E-state index contributed by atoms with van der Waals surface area (Å²) >= 11 is 3.04. The highest BCUT2D eigenvalue weighted by molar-refractivity contribution is 7.99. The number of ether oxygens (including phenoxy) is 1. The number of methoxy groups -OCH3 is 1.